The molecule has 4 saturated heterocycles. The van der Waals surface area contributed by atoms with Gasteiger partial charge < -0.3 is 19.1 Å². The maximum Gasteiger partial charge on any atom is 0.246 e. The first kappa shape index (κ1) is 16.0. The summed E-state index contributed by atoms with van der Waals surface area (Å²) < 4.78 is 19.5. The van der Waals surface area contributed by atoms with Crippen LogP contribution in [0.15, 0.2) is 0 Å². The van der Waals surface area contributed by atoms with Crippen molar-refractivity contribution < 1.29 is 14.2 Å². The summed E-state index contributed by atoms with van der Waals surface area (Å²) in [6, 6.07) is 0.995. The topological polar surface area (TPSA) is 74.5 Å². The van der Waals surface area contributed by atoms with E-state index < -0.39 is 0 Å². The smallest absolute Gasteiger partial charge is 0.246 e. The van der Waals surface area contributed by atoms with Crippen LogP contribution in [0.2, 0.25) is 0 Å². The van der Waals surface area contributed by atoms with Gasteiger partial charge in [-0.25, -0.2) is 4.68 Å². The van der Waals surface area contributed by atoms with Crippen LogP contribution in [0.25, 0.3) is 0 Å². The zero-order chi connectivity index (χ0) is 16.8. The highest BCUT2D eigenvalue weighted by Crippen LogP contribution is 2.39. The fourth-order valence-electron chi connectivity index (χ4n) is 5.23. The molecule has 4 fully saturated rings. The normalized spacial score (nSPS) is 40.0. The molecule has 4 aliphatic rings. The first-order chi connectivity index (χ1) is 12.3. The highest BCUT2D eigenvalue weighted by Gasteiger charge is 2.44. The van der Waals surface area contributed by atoms with Crippen LogP contribution in [-0.4, -0.2) is 70.4 Å². The highest BCUT2D eigenvalue weighted by atomic mass is 16.6. The van der Waals surface area contributed by atoms with Gasteiger partial charge in [0.25, 0.3) is 0 Å². The van der Waals surface area contributed by atoms with Gasteiger partial charge in [0.1, 0.15) is 0 Å². The molecule has 5 rings (SSSR count). The van der Waals surface area contributed by atoms with Crippen molar-refractivity contribution in [1.29, 1.82) is 0 Å². The molecule has 3 unspecified atom stereocenters. The van der Waals surface area contributed by atoms with Gasteiger partial charge in [-0.1, -0.05) is 5.10 Å². The fraction of sp³-hybridized carbons (Fsp3) is 0.941. The van der Waals surface area contributed by atoms with Gasteiger partial charge in [-0.15, -0.1) is 0 Å². The number of rotatable bonds is 5. The average molecular weight is 349 g/mol. The molecule has 0 aromatic carbocycles. The fourth-order valence-corrected chi connectivity index (χ4v) is 5.23. The molecule has 2 bridgehead atoms. The van der Waals surface area contributed by atoms with Crippen molar-refractivity contribution in [3.05, 3.63) is 0 Å². The van der Waals surface area contributed by atoms with Crippen LogP contribution in [-0.2, 0) is 20.8 Å². The maximum absolute atomic E-state index is 6.14. The van der Waals surface area contributed by atoms with Crippen LogP contribution >= 0.6 is 0 Å². The molecule has 0 saturated carbocycles. The highest BCUT2D eigenvalue weighted by molar-refractivity contribution is 5.36. The lowest BCUT2D eigenvalue weighted by molar-refractivity contribution is 0.0105. The lowest BCUT2D eigenvalue weighted by Gasteiger charge is -2.38. The Labute approximate surface area is 147 Å². The molecule has 5 heterocycles. The molecule has 5 atom stereocenters. The molecular formula is C17H27N5O3. The second-order valence-electron chi connectivity index (χ2n) is 7.83. The molecule has 25 heavy (non-hydrogen) atoms. The molecule has 0 radical (unpaired) electrons. The Morgan fingerprint density at radius 2 is 2.00 bits per heavy atom. The van der Waals surface area contributed by atoms with Gasteiger partial charge in [0.05, 0.1) is 38.1 Å². The summed E-state index contributed by atoms with van der Waals surface area (Å²) in [4.78, 5) is 2.45. The number of piperidine rings is 1. The number of fused-ring (bicyclic) bond motifs is 3. The Kier molecular flexibility index (Phi) is 4.14. The summed E-state index contributed by atoms with van der Waals surface area (Å²) in [5.74, 6) is 1.46. The van der Waals surface area contributed by atoms with Crippen molar-refractivity contribution in [3.8, 4) is 0 Å². The summed E-state index contributed by atoms with van der Waals surface area (Å²) in [7, 11) is 0. The minimum Gasteiger partial charge on any atom is -0.378 e. The summed E-state index contributed by atoms with van der Waals surface area (Å²) in [5, 5.41) is 12.6. The molecule has 0 N–H and O–H groups in total. The quantitative estimate of drug-likeness (QED) is 0.785. The summed E-state index contributed by atoms with van der Waals surface area (Å²) in [5.41, 5.74) is 0. The lowest BCUT2D eigenvalue weighted by atomic mass is 10.00. The van der Waals surface area contributed by atoms with E-state index in [-0.39, 0.29) is 12.2 Å². The largest absolute Gasteiger partial charge is 0.378 e. The number of hydrogen-bond acceptors (Lipinski definition) is 7. The zero-order valence-corrected chi connectivity index (χ0v) is 14.8. The predicted molar refractivity (Wildman–Crippen MR) is 89.3 cm³/mol. The van der Waals surface area contributed by atoms with E-state index in [0.717, 1.165) is 51.6 Å². The van der Waals surface area contributed by atoms with Crippen LogP contribution in [0.4, 0.5) is 5.95 Å². The van der Waals surface area contributed by atoms with Crippen molar-refractivity contribution in [1.82, 2.24) is 20.2 Å². The molecule has 0 amide bonds. The van der Waals surface area contributed by atoms with Crippen molar-refractivity contribution in [2.24, 2.45) is 5.92 Å². The van der Waals surface area contributed by atoms with Gasteiger partial charge in [-0.2, -0.15) is 0 Å². The van der Waals surface area contributed by atoms with Crippen LogP contribution in [0.3, 0.4) is 0 Å². The second-order valence-corrected chi connectivity index (χ2v) is 7.83. The van der Waals surface area contributed by atoms with E-state index in [2.05, 4.69) is 27.3 Å². The van der Waals surface area contributed by atoms with Crippen molar-refractivity contribution in [3.63, 3.8) is 0 Å². The zero-order valence-electron chi connectivity index (χ0n) is 14.8. The lowest BCUT2D eigenvalue weighted by Crippen LogP contribution is -2.47. The average Bonchev–Trinajstić information content (AvgIpc) is 3.32. The number of ether oxygens (including phenoxy) is 3. The van der Waals surface area contributed by atoms with Crippen LogP contribution in [0.5, 0.6) is 0 Å². The number of anilines is 1. The van der Waals surface area contributed by atoms with Crippen molar-refractivity contribution in [2.75, 3.05) is 24.7 Å². The van der Waals surface area contributed by atoms with E-state index in [9.17, 15) is 0 Å². The van der Waals surface area contributed by atoms with Gasteiger partial charge in [-0.3, -0.25) is 0 Å². The molecule has 0 spiro atoms. The van der Waals surface area contributed by atoms with Gasteiger partial charge >= 0.3 is 0 Å². The Hall–Kier alpha value is -1.25. The summed E-state index contributed by atoms with van der Waals surface area (Å²) in [6.07, 6.45) is 6.48. The van der Waals surface area contributed by atoms with Gasteiger partial charge in [-0.05, 0) is 49.5 Å². The monoisotopic (exact) mass is 349 g/mol. The Balaban J connectivity index is 1.29. The van der Waals surface area contributed by atoms with E-state index in [1.807, 2.05) is 4.68 Å². The van der Waals surface area contributed by atoms with Crippen molar-refractivity contribution >= 4 is 5.95 Å². The third-order valence-corrected chi connectivity index (χ3v) is 6.29. The van der Waals surface area contributed by atoms with Crippen LogP contribution < -0.4 is 4.90 Å². The molecule has 138 valence electrons. The van der Waals surface area contributed by atoms with E-state index in [1.54, 1.807) is 0 Å². The Bertz CT molecular complexity index is 585. The van der Waals surface area contributed by atoms with Crippen LogP contribution in [0, 0.1) is 5.92 Å². The summed E-state index contributed by atoms with van der Waals surface area (Å²) in [6.45, 7) is 5.18. The Morgan fingerprint density at radius 3 is 2.76 bits per heavy atom. The van der Waals surface area contributed by atoms with Gasteiger partial charge in [0.2, 0.25) is 5.95 Å². The van der Waals surface area contributed by atoms with E-state index in [4.69, 9.17) is 14.2 Å². The Morgan fingerprint density at radius 1 is 1.16 bits per heavy atom. The number of tetrazole rings is 1. The standard InChI is InChI=1S/C17H27N5O3/c1-2-24-14-6-12-3-4-13(7-14)22(12)17-18-19-20-21(17)8-15-5-11-9-23-10-16(11)25-15/h11-16H,2-10H2,1H3/t11-,12?,13?,14?,15?,16+/m1/s1. The minimum absolute atomic E-state index is 0.194. The molecule has 4 aliphatic heterocycles. The first-order valence-electron chi connectivity index (χ1n) is 9.71. The number of aromatic nitrogens is 4. The first-order valence-corrected chi connectivity index (χ1v) is 9.71. The van der Waals surface area contributed by atoms with E-state index >= 15 is 0 Å². The SMILES string of the molecule is CCOC1CC2CCC(C1)N2c1nnnn1CC1C[C@@H]2COC[C@@H]2O1. The molecule has 0 aliphatic carbocycles. The van der Waals surface area contributed by atoms with Gasteiger partial charge in [0.15, 0.2) is 0 Å². The number of hydrogen-bond donors (Lipinski definition) is 0. The van der Waals surface area contributed by atoms with Gasteiger partial charge in [0, 0.05) is 24.6 Å². The third kappa shape index (κ3) is 2.84. The van der Waals surface area contributed by atoms with E-state index in [0.29, 0.717) is 24.1 Å². The minimum atomic E-state index is 0.194. The summed E-state index contributed by atoms with van der Waals surface area (Å²) >= 11 is 0. The van der Waals surface area contributed by atoms with Crippen molar-refractivity contribution in [2.45, 2.75) is 76.0 Å². The molecule has 1 aromatic rings. The third-order valence-electron chi connectivity index (χ3n) is 6.29. The van der Waals surface area contributed by atoms with Crippen LogP contribution in [0.1, 0.15) is 39.0 Å². The molecule has 8 nitrogen and oxygen atoms in total. The second kappa shape index (κ2) is 6.48. The molecular weight excluding hydrogens is 322 g/mol. The molecule has 1 aromatic heterocycles. The predicted octanol–water partition coefficient (Wildman–Crippen LogP) is 1.01. The van der Waals surface area contributed by atoms with E-state index in [1.165, 1.54) is 12.8 Å². The number of nitrogens with zero attached hydrogens (tertiary/aromatic N) is 5. The molecule has 8 heteroatoms. The maximum atomic E-state index is 6.14.